The molecule has 0 amide bonds. The third kappa shape index (κ3) is 4.45. The fourth-order valence-electron chi connectivity index (χ4n) is 4.56. The number of aromatic amines is 1. The average Bonchev–Trinajstić information content (AvgIpc) is 3.42. The topological polar surface area (TPSA) is 73.0 Å². The summed E-state index contributed by atoms with van der Waals surface area (Å²) >= 11 is 1.83. The lowest BCUT2D eigenvalue weighted by molar-refractivity contribution is 0.0800. The molecule has 0 atom stereocenters. The van der Waals surface area contributed by atoms with Gasteiger partial charge in [0.2, 0.25) is 0 Å². The van der Waals surface area contributed by atoms with Crippen molar-refractivity contribution in [1.29, 1.82) is 0 Å². The highest BCUT2D eigenvalue weighted by molar-refractivity contribution is 7.99. The zero-order valence-corrected chi connectivity index (χ0v) is 20.1. The van der Waals surface area contributed by atoms with Crippen LogP contribution in [0.2, 0.25) is 0 Å². The van der Waals surface area contributed by atoms with Crippen LogP contribution in [0.4, 0.5) is 17.1 Å². The van der Waals surface area contributed by atoms with Crippen LogP contribution in [0.25, 0.3) is 10.9 Å². The van der Waals surface area contributed by atoms with Crippen molar-refractivity contribution in [1.82, 2.24) is 9.97 Å². The van der Waals surface area contributed by atoms with Gasteiger partial charge in [-0.15, -0.1) is 11.8 Å². The fraction of sp³-hybridized carbons (Fsp3) is 0.296. The number of rotatable bonds is 7. The Labute approximate surface area is 199 Å². The SMILES string of the molecule is Cc1cc(Nc2ccnc3c2CCS3)ccc1NCCc1c[nH]c2c(C(C)(C)O)cccc12. The van der Waals surface area contributed by atoms with Crippen LogP contribution in [0.3, 0.4) is 0 Å². The van der Waals surface area contributed by atoms with Gasteiger partial charge in [-0.25, -0.2) is 4.98 Å². The molecule has 5 nitrogen and oxygen atoms in total. The predicted octanol–water partition coefficient (Wildman–Crippen LogP) is 6.15. The molecule has 3 heterocycles. The number of para-hydroxylation sites is 1. The normalized spacial score (nSPS) is 13.3. The second-order valence-electron chi connectivity index (χ2n) is 9.17. The van der Waals surface area contributed by atoms with E-state index in [2.05, 4.69) is 64.1 Å². The van der Waals surface area contributed by atoms with Gasteiger partial charge in [-0.2, -0.15) is 0 Å². The zero-order valence-electron chi connectivity index (χ0n) is 19.3. The molecule has 4 N–H and O–H groups in total. The van der Waals surface area contributed by atoms with Gasteiger partial charge in [-0.05, 0) is 69.0 Å². The summed E-state index contributed by atoms with van der Waals surface area (Å²) in [7, 11) is 0. The lowest BCUT2D eigenvalue weighted by atomic mass is 9.95. The monoisotopic (exact) mass is 458 g/mol. The molecule has 0 spiro atoms. The Morgan fingerprint density at radius 3 is 2.85 bits per heavy atom. The standard InChI is InChI=1S/C27H30N4OS/c1-17-15-19(31-24-10-13-29-26-21(24)11-14-33-26)7-8-23(17)28-12-9-18-16-30-25-20(18)5-4-6-22(25)27(2,3)32/h4-8,10,13,15-16,28,30,32H,9,11-12,14H2,1-3H3,(H,29,31). The van der Waals surface area contributed by atoms with Crippen LogP contribution in [0, 0.1) is 6.92 Å². The van der Waals surface area contributed by atoms with Crippen molar-refractivity contribution in [2.45, 2.75) is 44.2 Å². The van der Waals surface area contributed by atoms with Gasteiger partial charge in [0.15, 0.2) is 0 Å². The number of benzene rings is 2. The summed E-state index contributed by atoms with van der Waals surface area (Å²) in [6, 6.07) is 14.7. The Hall–Kier alpha value is -2.96. The van der Waals surface area contributed by atoms with Gasteiger partial charge in [-0.1, -0.05) is 18.2 Å². The summed E-state index contributed by atoms with van der Waals surface area (Å²) in [6.45, 7) is 6.63. The number of aromatic nitrogens is 2. The molecule has 0 radical (unpaired) electrons. The van der Waals surface area contributed by atoms with Gasteiger partial charge in [0.25, 0.3) is 0 Å². The molecule has 170 valence electrons. The number of H-pyrrole nitrogens is 1. The van der Waals surface area contributed by atoms with Crippen LogP contribution in [0.1, 0.15) is 36.1 Å². The summed E-state index contributed by atoms with van der Waals surface area (Å²) in [6.07, 6.45) is 5.92. The molecule has 1 aliphatic rings. The molecule has 0 saturated carbocycles. The molecule has 0 saturated heterocycles. The molecule has 1 aliphatic heterocycles. The summed E-state index contributed by atoms with van der Waals surface area (Å²) in [5.74, 6) is 1.11. The van der Waals surface area contributed by atoms with E-state index < -0.39 is 5.60 Å². The molecule has 0 bridgehead atoms. The van der Waals surface area contributed by atoms with Crippen molar-refractivity contribution < 1.29 is 5.11 Å². The number of aliphatic hydroxyl groups is 1. The number of fused-ring (bicyclic) bond motifs is 2. The van der Waals surface area contributed by atoms with Gasteiger partial charge < -0.3 is 20.7 Å². The average molecular weight is 459 g/mol. The Morgan fingerprint density at radius 1 is 1.15 bits per heavy atom. The van der Waals surface area contributed by atoms with E-state index in [-0.39, 0.29) is 0 Å². The molecule has 0 fully saturated rings. The van der Waals surface area contributed by atoms with E-state index in [1.54, 1.807) is 0 Å². The minimum Gasteiger partial charge on any atom is -0.386 e. The van der Waals surface area contributed by atoms with E-state index >= 15 is 0 Å². The number of nitrogens with zero attached hydrogens (tertiary/aromatic N) is 1. The van der Waals surface area contributed by atoms with Gasteiger partial charge in [0.05, 0.1) is 11.1 Å². The van der Waals surface area contributed by atoms with Gasteiger partial charge in [0.1, 0.15) is 5.03 Å². The molecule has 33 heavy (non-hydrogen) atoms. The molecule has 6 heteroatoms. The van der Waals surface area contributed by atoms with E-state index in [9.17, 15) is 5.11 Å². The van der Waals surface area contributed by atoms with E-state index in [4.69, 9.17) is 0 Å². The third-order valence-corrected chi connectivity index (χ3v) is 7.32. The lowest BCUT2D eigenvalue weighted by Crippen LogP contribution is -2.15. The minimum atomic E-state index is -0.873. The minimum absolute atomic E-state index is 0.836. The number of nitrogens with one attached hydrogen (secondary N) is 3. The zero-order chi connectivity index (χ0) is 23.0. The van der Waals surface area contributed by atoms with Crippen molar-refractivity contribution in [2.75, 3.05) is 22.9 Å². The maximum Gasteiger partial charge on any atom is 0.101 e. The van der Waals surface area contributed by atoms with Crippen LogP contribution >= 0.6 is 11.8 Å². The Bertz CT molecular complexity index is 1310. The second-order valence-corrected chi connectivity index (χ2v) is 10.3. The van der Waals surface area contributed by atoms with Crippen molar-refractivity contribution in [2.24, 2.45) is 0 Å². The number of hydrogen-bond donors (Lipinski definition) is 4. The van der Waals surface area contributed by atoms with E-state index in [0.717, 1.165) is 58.3 Å². The fourth-order valence-corrected chi connectivity index (χ4v) is 5.58. The van der Waals surface area contributed by atoms with Crippen molar-refractivity contribution >= 4 is 39.7 Å². The first-order valence-electron chi connectivity index (χ1n) is 11.4. The maximum absolute atomic E-state index is 10.5. The lowest BCUT2D eigenvalue weighted by Gasteiger charge is -2.18. The molecule has 4 aromatic rings. The van der Waals surface area contributed by atoms with Crippen LogP contribution in [0.5, 0.6) is 0 Å². The summed E-state index contributed by atoms with van der Waals surface area (Å²) < 4.78 is 0. The van der Waals surface area contributed by atoms with Gasteiger partial charge in [0, 0.05) is 58.3 Å². The molecule has 5 rings (SSSR count). The largest absolute Gasteiger partial charge is 0.386 e. The maximum atomic E-state index is 10.5. The Morgan fingerprint density at radius 2 is 2.03 bits per heavy atom. The molecule has 0 aliphatic carbocycles. The summed E-state index contributed by atoms with van der Waals surface area (Å²) in [5, 5.41) is 20.0. The highest BCUT2D eigenvalue weighted by Crippen LogP contribution is 2.35. The van der Waals surface area contributed by atoms with E-state index in [1.807, 2.05) is 43.9 Å². The van der Waals surface area contributed by atoms with Crippen LogP contribution in [0.15, 0.2) is 59.9 Å². The van der Waals surface area contributed by atoms with Gasteiger partial charge in [-0.3, -0.25) is 0 Å². The number of thioether (sulfide) groups is 1. The predicted molar refractivity (Wildman–Crippen MR) is 139 cm³/mol. The van der Waals surface area contributed by atoms with Gasteiger partial charge >= 0.3 is 0 Å². The molecule has 2 aromatic heterocycles. The summed E-state index contributed by atoms with van der Waals surface area (Å²) in [5.41, 5.74) is 8.27. The number of hydrogen-bond acceptors (Lipinski definition) is 5. The van der Waals surface area contributed by atoms with Crippen LogP contribution in [-0.2, 0) is 18.4 Å². The molecular weight excluding hydrogens is 428 g/mol. The number of pyridine rings is 1. The van der Waals surface area contributed by atoms with Crippen molar-refractivity contribution in [3.05, 3.63) is 77.1 Å². The van der Waals surface area contributed by atoms with E-state index in [1.165, 1.54) is 22.1 Å². The number of aryl methyl sites for hydroxylation is 1. The Kier molecular flexibility index (Phi) is 5.81. The van der Waals surface area contributed by atoms with Crippen LogP contribution in [-0.4, -0.2) is 27.4 Å². The first kappa shape index (κ1) is 21.9. The third-order valence-electron chi connectivity index (χ3n) is 6.28. The highest BCUT2D eigenvalue weighted by atomic mass is 32.2. The quantitative estimate of drug-likeness (QED) is 0.267. The van der Waals surface area contributed by atoms with E-state index in [0.29, 0.717) is 0 Å². The first-order valence-corrected chi connectivity index (χ1v) is 12.4. The molecular formula is C27H30N4OS. The van der Waals surface area contributed by atoms with Crippen molar-refractivity contribution in [3.8, 4) is 0 Å². The molecule has 0 unspecified atom stereocenters. The van der Waals surface area contributed by atoms with Crippen molar-refractivity contribution in [3.63, 3.8) is 0 Å². The molecule has 2 aromatic carbocycles. The Balaban J connectivity index is 1.25. The first-order chi connectivity index (χ1) is 15.9. The summed E-state index contributed by atoms with van der Waals surface area (Å²) in [4.78, 5) is 7.85. The van der Waals surface area contributed by atoms with Crippen LogP contribution < -0.4 is 10.6 Å². The second kappa shape index (κ2) is 8.76. The highest BCUT2D eigenvalue weighted by Gasteiger charge is 2.20. The smallest absolute Gasteiger partial charge is 0.101 e. The number of anilines is 3.